The van der Waals surface area contributed by atoms with Crippen LogP contribution in [0, 0.1) is 35.5 Å². The highest BCUT2D eigenvalue weighted by atomic mass is 16.5. The standard InChI is InChI=1S/C27H48N2O4/c1-18(2)9-11-22(20(5)6)15-25(23(21(7)8)12-10-19(3)4)33-27(32)24(16-26(30)31)29-14-13-28-17-29/h13-14,17-25H,9-12,15-16H2,1-8H3,(H,30,31). The van der Waals surface area contributed by atoms with E-state index in [0.29, 0.717) is 29.6 Å². The van der Waals surface area contributed by atoms with Crippen molar-refractivity contribution in [2.24, 2.45) is 35.5 Å². The van der Waals surface area contributed by atoms with Gasteiger partial charge in [-0.05, 0) is 54.8 Å². The number of nitrogens with zero attached hydrogens (tertiary/aromatic N) is 2. The number of aliphatic carboxylic acids is 1. The van der Waals surface area contributed by atoms with Crippen molar-refractivity contribution < 1.29 is 19.4 Å². The van der Waals surface area contributed by atoms with Crippen molar-refractivity contribution in [3.8, 4) is 0 Å². The van der Waals surface area contributed by atoms with E-state index < -0.39 is 18.0 Å². The smallest absolute Gasteiger partial charge is 0.330 e. The molecule has 0 spiro atoms. The Bertz CT molecular complexity index is 682. The summed E-state index contributed by atoms with van der Waals surface area (Å²) in [4.78, 5) is 28.8. The van der Waals surface area contributed by atoms with Gasteiger partial charge in [0.15, 0.2) is 0 Å². The van der Waals surface area contributed by atoms with E-state index in [-0.39, 0.29) is 18.4 Å². The number of carbonyl (C=O) groups is 2. The number of imidazole rings is 1. The van der Waals surface area contributed by atoms with Gasteiger partial charge >= 0.3 is 11.9 Å². The summed E-state index contributed by atoms with van der Waals surface area (Å²) >= 11 is 0. The predicted octanol–water partition coefficient (Wildman–Crippen LogP) is 6.62. The number of hydrogen-bond acceptors (Lipinski definition) is 4. The van der Waals surface area contributed by atoms with Gasteiger partial charge in [0.05, 0.1) is 12.7 Å². The number of ether oxygens (including phenoxy) is 1. The zero-order chi connectivity index (χ0) is 25.1. The number of aromatic nitrogens is 2. The number of carbonyl (C=O) groups excluding carboxylic acids is 1. The molecule has 4 atom stereocenters. The van der Waals surface area contributed by atoms with Gasteiger partial charge in [0.25, 0.3) is 0 Å². The van der Waals surface area contributed by atoms with Gasteiger partial charge in [-0.15, -0.1) is 0 Å². The molecule has 0 aliphatic rings. The van der Waals surface area contributed by atoms with E-state index in [1.54, 1.807) is 17.0 Å². The van der Waals surface area contributed by atoms with Gasteiger partial charge in [0, 0.05) is 12.4 Å². The van der Waals surface area contributed by atoms with Crippen molar-refractivity contribution in [2.75, 3.05) is 0 Å². The Hall–Kier alpha value is -1.85. The van der Waals surface area contributed by atoms with Crippen LogP contribution in [-0.4, -0.2) is 32.7 Å². The molecule has 6 heteroatoms. The molecule has 33 heavy (non-hydrogen) atoms. The van der Waals surface area contributed by atoms with Gasteiger partial charge in [-0.3, -0.25) is 4.79 Å². The third-order valence-corrected chi connectivity index (χ3v) is 6.80. The Morgan fingerprint density at radius 2 is 1.52 bits per heavy atom. The highest BCUT2D eigenvalue weighted by Gasteiger charge is 2.34. The molecule has 190 valence electrons. The van der Waals surface area contributed by atoms with E-state index in [2.05, 4.69) is 60.4 Å². The molecule has 0 bridgehead atoms. The van der Waals surface area contributed by atoms with Crippen LogP contribution in [0.2, 0.25) is 0 Å². The predicted molar refractivity (Wildman–Crippen MR) is 133 cm³/mol. The van der Waals surface area contributed by atoms with Crippen LogP contribution in [0.4, 0.5) is 0 Å². The average molecular weight is 465 g/mol. The Morgan fingerprint density at radius 3 is 1.97 bits per heavy atom. The minimum Gasteiger partial charge on any atom is -0.481 e. The average Bonchev–Trinajstić information content (AvgIpc) is 3.22. The summed E-state index contributed by atoms with van der Waals surface area (Å²) in [5, 5.41) is 9.41. The molecular weight excluding hydrogens is 416 g/mol. The lowest BCUT2D eigenvalue weighted by atomic mass is 9.77. The number of rotatable bonds is 16. The molecule has 1 N–H and O–H groups in total. The fourth-order valence-electron chi connectivity index (χ4n) is 4.51. The van der Waals surface area contributed by atoms with Crippen molar-refractivity contribution >= 4 is 11.9 Å². The zero-order valence-corrected chi connectivity index (χ0v) is 22.2. The molecule has 0 saturated heterocycles. The lowest BCUT2D eigenvalue weighted by Crippen LogP contribution is -2.36. The minimum absolute atomic E-state index is 0.226. The molecule has 0 fully saturated rings. The summed E-state index contributed by atoms with van der Waals surface area (Å²) in [7, 11) is 0. The van der Waals surface area contributed by atoms with Gasteiger partial charge in [0.1, 0.15) is 12.1 Å². The molecule has 0 aliphatic carbocycles. The quantitative estimate of drug-likeness (QED) is 0.278. The highest BCUT2D eigenvalue weighted by molar-refractivity contribution is 5.80. The first-order valence-corrected chi connectivity index (χ1v) is 12.8. The van der Waals surface area contributed by atoms with Crippen LogP contribution in [0.15, 0.2) is 18.7 Å². The molecule has 6 nitrogen and oxygen atoms in total. The Kier molecular flexibility index (Phi) is 12.8. The van der Waals surface area contributed by atoms with Crippen LogP contribution < -0.4 is 0 Å². The minimum atomic E-state index is -1.03. The Labute approximate surface area is 201 Å². The SMILES string of the molecule is CC(C)CCC(CC(OC(=O)C(CC(=O)O)n1ccnc1)C(CCC(C)C)C(C)C)C(C)C. The Balaban J connectivity index is 3.19. The van der Waals surface area contributed by atoms with Crippen molar-refractivity contribution in [2.45, 2.75) is 106 Å². The Morgan fingerprint density at radius 1 is 0.909 bits per heavy atom. The second-order valence-electron chi connectivity index (χ2n) is 11.2. The van der Waals surface area contributed by atoms with Crippen molar-refractivity contribution in [1.29, 1.82) is 0 Å². The maximum Gasteiger partial charge on any atom is 0.330 e. The van der Waals surface area contributed by atoms with E-state index in [9.17, 15) is 14.7 Å². The highest BCUT2D eigenvalue weighted by Crippen LogP contribution is 2.34. The summed E-state index contributed by atoms with van der Waals surface area (Å²) in [5.74, 6) is 1.27. The maximum absolute atomic E-state index is 13.3. The van der Waals surface area contributed by atoms with Gasteiger partial charge in [0.2, 0.25) is 0 Å². The lowest BCUT2D eigenvalue weighted by Gasteiger charge is -2.35. The summed E-state index contributed by atoms with van der Waals surface area (Å²) in [6.45, 7) is 17.8. The molecule has 1 rings (SSSR count). The number of carboxylic acid groups (broad SMARTS) is 1. The van der Waals surface area contributed by atoms with Crippen LogP contribution in [0.5, 0.6) is 0 Å². The third kappa shape index (κ3) is 10.7. The number of carboxylic acids is 1. The largest absolute Gasteiger partial charge is 0.481 e. The van der Waals surface area contributed by atoms with Crippen molar-refractivity contribution in [3.05, 3.63) is 18.7 Å². The normalized spacial score (nSPS) is 15.8. The molecule has 0 radical (unpaired) electrons. The first-order valence-electron chi connectivity index (χ1n) is 12.8. The first-order chi connectivity index (χ1) is 15.4. The lowest BCUT2D eigenvalue weighted by molar-refractivity contribution is -0.161. The van der Waals surface area contributed by atoms with Gasteiger partial charge < -0.3 is 14.4 Å². The van der Waals surface area contributed by atoms with Crippen LogP contribution in [0.25, 0.3) is 0 Å². The maximum atomic E-state index is 13.3. The molecule has 1 heterocycles. The van der Waals surface area contributed by atoms with Crippen LogP contribution in [-0.2, 0) is 14.3 Å². The summed E-state index contributed by atoms with van der Waals surface area (Å²) in [5.41, 5.74) is 0. The monoisotopic (exact) mass is 464 g/mol. The van der Waals surface area contributed by atoms with E-state index in [0.717, 1.165) is 32.1 Å². The zero-order valence-electron chi connectivity index (χ0n) is 22.2. The van der Waals surface area contributed by atoms with E-state index in [1.807, 2.05) is 0 Å². The first kappa shape index (κ1) is 29.2. The molecule has 0 aromatic carbocycles. The molecule has 1 aromatic heterocycles. The summed E-state index contributed by atoms with van der Waals surface area (Å²) in [6.07, 6.45) is 9.28. The molecule has 1 aromatic rings. The van der Waals surface area contributed by atoms with Crippen LogP contribution >= 0.6 is 0 Å². The van der Waals surface area contributed by atoms with Crippen LogP contribution in [0.1, 0.15) is 100.0 Å². The van der Waals surface area contributed by atoms with E-state index >= 15 is 0 Å². The second-order valence-corrected chi connectivity index (χ2v) is 11.2. The second kappa shape index (κ2) is 14.4. The fraction of sp³-hybridized carbons (Fsp3) is 0.815. The molecule has 4 unspecified atom stereocenters. The van der Waals surface area contributed by atoms with Crippen molar-refractivity contribution in [3.63, 3.8) is 0 Å². The topological polar surface area (TPSA) is 81.4 Å². The van der Waals surface area contributed by atoms with E-state index in [4.69, 9.17) is 4.74 Å². The molecule has 0 aliphatic heterocycles. The van der Waals surface area contributed by atoms with Gasteiger partial charge in [-0.25, -0.2) is 9.78 Å². The van der Waals surface area contributed by atoms with Crippen molar-refractivity contribution in [1.82, 2.24) is 9.55 Å². The summed E-state index contributed by atoms with van der Waals surface area (Å²) in [6, 6.07) is -0.904. The fourth-order valence-corrected chi connectivity index (χ4v) is 4.51. The summed E-state index contributed by atoms with van der Waals surface area (Å²) < 4.78 is 7.78. The number of esters is 1. The van der Waals surface area contributed by atoms with Gasteiger partial charge in [-0.1, -0.05) is 68.2 Å². The number of hydrogen-bond donors (Lipinski definition) is 1. The van der Waals surface area contributed by atoms with E-state index in [1.165, 1.54) is 6.33 Å². The molecular formula is C27H48N2O4. The third-order valence-electron chi connectivity index (χ3n) is 6.80. The molecule has 0 saturated carbocycles. The molecule has 0 amide bonds. The van der Waals surface area contributed by atoms with Gasteiger partial charge in [-0.2, -0.15) is 0 Å². The van der Waals surface area contributed by atoms with Crippen LogP contribution in [0.3, 0.4) is 0 Å².